The SMILES string of the molecule is O=C(NC1C=NC=C(c2cnc3n[nH]c(-c4nc5ccccc5[nH]4)c3c2)C1)C1CC1. The molecule has 0 saturated heterocycles. The Balaban J connectivity index is 1.33. The lowest BCUT2D eigenvalue weighted by atomic mass is 9.98. The Morgan fingerprint density at radius 2 is 2.10 bits per heavy atom. The van der Waals surface area contributed by atoms with E-state index in [1.165, 1.54) is 0 Å². The lowest BCUT2D eigenvalue weighted by Crippen LogP contribution is -2.37. The van der Waals surface area contributed by atoms with Crippen molar-refractivity contribution in [3.05, 3.63) is 48.3 Å². The van der Waals surface area contributed by atoms with E-state index < -0.39 is 0 Å². The third kappa shape index (κ3) is 2.97. The summed E-state index contributed by atoms with van der Waals surface area (Å²) in [5.41, 5.74) is 5.30. The molecular weight excluding hydrogens is 378 g/mol. The van der Waals surface area contributed by atoms with Crippen molar-refractivity contribution < 1.29 is 4.79 Å². The number of aliphatic imine (C=N–C) groups is 1. The second-order valence-electron chi connectivity index (χ2n) is 7.84. The summed E-state index contributed by atoms with van der Waals surface area (Å²) >= 11 is 0. The van der Waals surface area contributed by atoms with Gasteiger partial charge in [-0.15, -0.1) is 0 Å². The van der Waals surface area contributed by atoms with E-state index in [4.69, 9.17) is 0 Å². The Labute approximate surface area is 171 Å². The van der Waals surface area contributed by atoms with Crippen LogP contribution in [0.5, 0.6) is 0 Å². The van der Waals surface area contributed by atoms with Crippen molar-refractivity contribution in [1.29, 1.82) is 0 Å². The van der Waals surface area contributed by atoms with E-state index in [0.29, 0.717) is 12.1 Å². The number of rotatable bonds is 4. The first-order valence-corrected chi connectivity index (χ1v) is 10.1. The number of benzene rings is 1. The molecule has 4 heterocycles. The average Bonchev–Trinajstić information content (AvgIpc) is 3.40. The van der Waals surface area contributed by atoms with Gasteiger partial charge in [0.2, 0.25) is 5.91 Å². The summed E-state index contributed by atoms with van der Waals surface area (Å²) in [7, 11) is 0. The Morgan fingerprint density at radius 3 is 2.97 bits per heavy atom. The molecule has 1 fully saturated rings. The monoisotopic (exact) mass is 397 g/mol. The normalized spacial score (nSPS) is 18.7. The first kappa shape index (κ1) is 17.1. The maximum Gasteiger partial charge on any atom is 0.223 e. The number of aromatic amines is 2. The topological polar surface area (TPSA) is 112 Å². The number of para-hydroxylation sites is 2. The highest BCUT2D eigenvalue weighted by atomic mass is 16.2. The van der Waals surface area contributed by atoms with Gasteiger partial charge < -0.3 is 10.3 Å². The van der Waals surface area contributed by atoms with E-state index in [9.17, 15) is 4.79 Å². The van der Waals surface area contributed by atoms with Crippen LogP contribution in [0.15, 0.2) is 47.7 Å². The van der Waals surface area contributed by atoms with Crippen LogP contribution in [0.25, 0.3) is 39.2 Å². The molecule has 1 amide bonds. The Bertz CT molecular complexity index is 1310. The van der Waals surface area contributed by atoms with Gasteiger partial charge in [-0.1, -0.05) is 12.1 Å². The molecule has 0 bridgehead atoms. The number of fused-ring (bicyclic) bond motifs is 2. The molecule has 1 saturated carbocycles. The van der Waals surface area contributed by atoms with Gasteiger partial charge in [0.25, 0.3) is 0 Å². The van der Waals surface area contributed by atoms with Gasteiger partial charge in [0.1, 0.15) is 5.69 Å². The van der Waals surface area contributed by atoms with Crippen LogP contribution in [-0.2, 0) is 4.79 Å². The molecule has 30 heavy (non-hydrogen) atoms. The Morgan fingerprint density at radius 1 is 1.20 bits per heavy atom. The fraction of sp³-hybridized carbons (Fsp3) is 0.227. The molecule has 0 spiro atoms. The number of imidazole rings is 1. The third-order valence-corrected chi connectivity index (χ3v) is 5.62. The minimum absolute atomic E-state index is 0.0898. The van der Waals surface area contributed by atoms with Crippen LogP contribution in [0.2, 0.25) is 0 Å². The van der Waals surface area contributed by atoms with Gasteiger partial charge in [-0.2, -0.15) is 5.10 Å². The lowest BCUT2D eigenvalue weighted by Gasteiger charge is -2.19. The molecule has 3 N–H and O–H groups in total. The highest BCUT2D eigenvalue weighted by Crippen LogP contribution is 2.31. The summed E-state index contributed by atoms with van der Waals surface area (Å²) in [5, 5.41) is 11.4. The molecule has 2 aliphatic rings. The zero-order valence-electron chi connectivity index (χ0n) is 16.1. The zero-order valence-corrected chi connectivity index (χ0v) is 16.1. The predicted molar refractivity (Wildman–Crippen MR) is 115 cm³/mol. The minimum Gasteiger partial charge on any atom is -0.348 e. The van der Waals surface area contributed by atoms with Crippen LogP contribution in [-0.4, -0.2) is 43.3 Å². The van der Waals surface area contributed by atoms with Crippen molar-refractivity contribution in [2.45, 2.75) is 25.3 Å². The van der Waals surface area contributed by atoms with E-state index in [1.54, 1.807) is 12.4 Å². The second-order valence-corrected chi connectivity index (χ2v) is 7.84. The summed E-state index contributed by atoms with van der Waals surface area (Å²) in [6.07, 6.45) is 8.11. The number of hydrogen-bond acceptors (Lipinski definition) is 5. The van der Waals surface area contributed by atoms with E-state index in [2.05, 4.69) is 41.5 Å². The highest BCUT2D eigenvalue weighted by molar-refractivity contribution is 5.93. The first-order valence-electron chi connectivity index (χ1n) is 10.1. The van der Waals surface area contributed by atoms with Crippen molar-refractivity contribution in [3.63, 3.8) is 0 Å². The number of nitrogens with one attached hydrogen (secondary N) is 3. The van der Waals surface area contributed by atoms with Crippen molar-refractivity contribution in [1.82, 2.24) is 30.5 Å². The minimum atomic E-state index is -0.0898. The number of pyridine rings is 1. The molecule has 1 atom stereocenters. The molecule has 1 aliphatic carbocycles. The molecule has 8 heteroatoms. The molecule has 148 valence electrons. The maximum absolute atomic E-state index is 12.1. The van der Waals surface area contributed by atoms with Crippen LogP contribution < -0.4 is 5.32 Å². The molecular formula is C22H19N7O. The molecule has 8 nitrogen and oxygen atoms in total. The maximum atomic E-state index is 12.1. The van der Waals surface area contributed by atoms with Gasteiger partial charge in [-0.3, -0.25) is 14.9 Å². The fourth-order valence-electron chi connectivity index (χ4n) is 3.83. The Kier molecular flexibility index (Phi) is 3.77. The quantitative estimate of drug-likeness (QED) is 0.491. The smallest absolute Gasteiger partial charge is 0.223 e. The van der Waals surface area contributed by atoms with Crippen LogP contribution in [0.4, 0.5) is 0 Å². The number of H-pyrrole nitrogens is 2. The molecule has 1 aromatic carbocycles. The zero-order chi connectivity index (χ0) is 20.1. The summed E-state index contributed by atoms with van der Waals surface area (Å²) in [4.78, 5) is 29.0. The average molecular weight is 397 g/mol. The van der Waals surface area contributed by atoms with Gasteiger partial charge in [0.15, 0.2) is 11.5 Å². The van der Waals surface area contributed by atoms with Gasteiger partial charge in [-0.25, -0.2) is 9.97 Å². The van der Waals surface area contributed by atoms with Crippen LogP contribution in [0.3, 0.4) is 0 Å². The van der Waals surface area contributed by atoms with Crippen LogP contribution in [0.1, 0.15) is 24.8 Å². The van der Waals surface area contributed by atoms with E-state index in [-0.39, 0.29) is 17.9 Å². The lowest BCUT2D eigenvalue weighted by molar-refractivity contribution is -0.122. The second kappa shape index (κ2) is 6.62. The summed E-state index contributed by atoms with van der Waals surface area (Å²) in [5.74, 6) is 1.04. The highest BCUT2D eigenvalue weighted by Gasteiger charge is 2.31. The van der Waals surface area contributed by atoms with Gasteiger partial charge >= 0.3 is 0 Å². The van der Waals surface area contributed by atoms with Crippen LogP contribution >= 0.6 is 0 Å². The molecule has 1 unspecified atom stereocenters. The third-order valence-electron chi connectivity index (χ3n) is 5.62. The number of hydrogen-bond donors (Lipinski definition) is 3. The number of aromatic nitrogens is 5. The summed E-state index contributed by atoms with van der Waals surface area (Å²) < 4.78 is 0. The molecule has 4 aromatic rings. The predicted octanol–water partition coefficient (Wildman–Crippen LogP) is 3.21. The van der Waals surface area contributed by atoms with Crippen molar-refractivity contribution in [3.8, 4) is 11.5 Å². The number of amides is 1. The Hall–Kier alpha value is -3.81. The first-order chi connectivity index (χ1) is 14.7. The van der Waals surface area contributed by atoms with Crippen molar-refractivity contribution in [2.24, 2.45) is 10.9 Å². The van der Waals surface area contributed by atoms with Gasteiger partial charge in [-0.05, 0) is 48.6 Å². The number of nitrogens with zero attached hydrogens (tertiary/aromatic N) is 4. The van der Waals surface area contributed by atoms with E-state index in [0.717, 1.165) is 51.9 Å². The summed E-state index contributed by atoms with van der Waals surface area (Å²) in [6, 6.07) is 9.87. The van der Waals surface area contributed by atoms with Gasteiger partial charge in [0.05, 0.1) is 22.5 Å². The molecule has 1 aliphatic heterocycles. The summed E-state index contributed by atoms with van der Waals surface area (Å²) in [6.45, 7) is 0. The molecule has 6 rings (SSSR count). The number of carbonyl (C=O) groups excluding carboxylic acids is 1. The molecule has 0 radical (unpaired) electrons. The number of carbonyl (C=O) groups is 1. The van der Waals surface area contributed by atoms with E-state index >= 15 is 0 Å². The standard InChI is InChI=1S/C22H19N7O/c30-22(12-5-6-12)25-15-7-13(9-23-11-15)14-8-16-19(28-29-20(16)24-10-14)21-26-17-3-1-2-4-18(17)27-21/h1-4,8-12,15H,5-7H2,(H,25,30)(H,26,27)(H,24,28,29). The van der Waals surface area contributed by atoms with E-state index in [1.807, 2.05) is 30.5 Å². The van der Waals surface area contributed by atoms with Crippen LogP contribution in [0, 0.1) is 5.92 Å². The van der Waals surface area contributed by atoms with Crippen molar-refractivity contribution >= 4 is 39.8 Å². The van der Waals surface area contributed by atoms with Gasteiger partial charge in [0, 0.05) is 24.5 Å². The van der Waals surface area contributed by atoms with Crippen molar-refractivity contribution in [2.75, 3.05) is 0 Å². The fourth-order valence-corrected chi connectivity index (χ4v) is 3.83. The largest absolute Gasteiger partial charge is 0.348 e. The molecule has 3 aromatic heterocycles.